The second-order valence-corrected chi connectivity index (χ2v) is 9.81. The number of methoxy groups -OCH3 is 1. The van der Waals surface area contributed by atoms with E-state index < -0.39 is 59.2 Å². The zero-order valence-corrected chi connectivity index (χ0v) is 20.7. The standard InChI is InChI=1S/C26H19ClF6O5/c1-24(2)15-5-10(6-17(34)35)19-13(4-11(7-18(36)37)23(38-3)22(19)27)20(15)14-8-12(25(28,29)30)9-16(21(14)24)26(31,32)33/h4-5,8-9H,6-7H2,1-3H3,(H,34,35)(H,36,37)/p-2. The number of fused-ring (bicyclic) bond motifs is 5. The monoisotopic (exact) mass is 558 g/mol. The van der Waals surface area contributed by atoms with Gasteiger partial charge in [0, 0.05) is 41.1 Å². The average Bonchev–Trinajstić information content (AvgIpc) is 2.98. The van der Waals surface area contributed by atoms with Crippen molar-refractivity contribution < 1.29 is 50.9 Å². The van der Waals surface area contributed by atoms with Crippen LogP contribution in [0.2, 0.25) is 5.02 Å². The first-order chi connectivity index (χ1) is 17.4. The topological polar surface area (TPSA) is 89.5 Å². The van der Waals surface area contributed by atoms with Gasteiger partial charge in [-0.3, -0.25) is 0 Å². The molecule has 202 valence electrons. The smallest absolute Gasteiger partial charge is 0.416 e. The average molecular weight is 559 g/mol. The lowest BCUT2D eigenvalue weighted by molar-refractivity contribution is -0.306. The van der Waals surface area contributed by atoms with E-state index in [1.807, 2.05) is 0 Å². The zero-order chi connectivity index (χ0) is 28.5. The number of carboxylic acid groups (broad SMARTS) is 2. The highest BCUT2D eigenvalue weighted by molar-refractivity contribution is 6.38. The number of carbonyl (C=O) groups excluding carboxylic acids is 2. The fraction of sp³-hybridized carbons (Fsp3) is 0.308. The number of benzene rings is 3. The fourth-order valence-corrected chi connectivity index (χ4v) is 5.70. The summed E-state index contributed by atoms with van der Waals surface area (Å²) in [7, 11) is 1.17. The highest BCUT2D eigenvalue weighted by Gasteiger charge is 2.47. The number of alkyl halides is 6. The highest BCUT2D eigenvalue weighted by Crippen LogP contribution is 2.57. The van der Waals surface area contributed by atoms with Crippen LogP contribution in [0.5, 0.6) is 5.75 Å². The van der Waals surface area contributed by atoms with Crippen LogP contribution in [0.4, 0.5) is 26.3 Å². The Bertz CT molecular complexity index is 1520. The molecule has 0 amide bonds. The molecule has 0 radical (unpaired) electrons. The van der Waals surface area contributed by atoms with Crippen molar-refractivity contribution in [3.63, 3.8) is 0 Å². The van der Waals surface area contributed by atoms with Gasteiger partial charge in [0.1, 0.15) is 5.75 Å². The van der Waals surface area contributed by atoms with Crippen LogP contribution in [0.3, 0.4) is 0 Å². The first-order valence-corrected chi connectivity index (χ1v) is 11.4. The van der Waals surface area contributed by atoms with Gasteiger partial charge in [-0.15, -0.1) is 0 Å². The van der Waals surface area contributed by atoms with Crippen LogP contribution >= 0.6 is 11.6 Å². The Balaban J connectivity index is 2.28. The first kappa shape index (κ1) is 27.6. The Hall–Kier alpha value is -3.47. The number of hydrogen-bond donors (Lipinski definition) is 0. The Morgan fingerprint density at radius 2 is 1.50 bits per heavy atom. The van der Waals surface area contributed by atoms with Crippen molar-refractivity contribution in [3.05, 3.63) is 62.7 Å². The van der Waals surface area contributed by atoms with Gasteiger partial charge in [0.25, 0.3) is 0 Å². The number of rotatable bonds is 5. The summed E-state index contributed by atoms with van der Waals surface area (Å²) in [6.07, 6.45) is -11.8. The fourth-order valence-electron chi connectivity index (χ4n) is 5.28. The predicted molar refractivity (Wildman–Crippen MR) is 121 cm³/mol. The summed E-state index contributed by atoms with van der Waals surface area (Å²) in [4.78, 5) is 23.0. The van der Waals surface area contributed by atoms with Crippen LogP contribution in [0, 0.1) is 0 Å². The third kappa shape index (κ3) is 4.32. The maximum absolute atomic E-state index is 14.2. The van der Waals surface area contributed by atoms with E-state index in [2.05, 4.69) is 0 Å². The number of aliphatic carboxylic acids is 2. The van der Waals surface area contributed by atoms with Crippen LogP contribution < -0.4 is 14.9 Å². The third-order valence-corrected chi connectivity index (χ3v) is 7.05. The van der Waals surface area contributed by atoms with Gasteiger partial charge < -0.3 is 24.5 Å². The van der Waals surface area contributed by atoms with E-state index in [4.69, 9.17) is 16.3 Å². The van der Waals surface area contributed by atoms with Crippen molar-refractivity contribution in [2.45, 2.75) is 44.5 Å². The number of carbonyl (C=O) groups is 2. The molecule has 0 saturated carbocycles. The van der Waals surface area contributed by atoms with Crippen molar-refractivity contribution in [2.24, 2.45) is 0 Å². The molecule has 1 aliphatic carbocycles. The second kappa shape index (κ2) is 8.79. The minimum atomic E-state index is -5.16. The molecule has 0 unspecified atom stereocenters. The minimum absolute atomic E-state index is 0.00698. The molecule has 0 N–H and O–H groups in total. The zero-order valence-electron chi connectivity index (χ0n) is 19.9. The molecule has 3 aromatic rings. The number of hydrogen-bond acceptors (Lipinski definition) is 5. The summed E-state index contributed by atoms with van der Waals surface area (Å²) in [6.45, 7) is 2.75. The second-order valence-electron chi connectivity index (χ2n) is 9.43. The van der Waals surface area contributed by atoms with Crippen LogP contribution in [0.1, 0.15) is 47.2 Å². The van der Waals surface area contributed by atoms with E-state index in [1.54, 1.807) is 0 Å². The minimum Gasteiger partial charge on any atom is -0.550 e. The molecular weight excluding hydrogens is 542 g/mol. The summed E-state index contributed by atoms with van der Waals surface area (Å²) in [6, 6.07) is 3.15. The Morgan fingerprint density at radius 3 is 2.00 bits per heavy atom. The van der Waals surface area contributed by atoms with E-state index in [0.717, 1.165) is 0 Å². The lowest BCUT2D eigenvalue weighted by Gasteiger charge is -2.26. The number of halogens is 7. The molecular formula is C26H17ClF6O5-2. The molecule has 4 rings (SSSR count). The molecule has 38 heavy (non-hydrogen) atoms. The van der Waals surface area contributed by atoms with Gasteiger partial charge in [0.15, 0.2) is 0 Å². The van der Waals surface area contributed by atoms with Gasteiger partial charge in [-0.1, -0.05) is 31.5 Å². The molecule has 0 aromatic heterocycles. The molecule has 0 atom stereocenters. The number of carboxylic acids is 2. The molecule has 0 spiro atoms. The molecule has 0 fully saturated rings. The maximum Gasteiger partial charge on any atom is 0.416 e. The first-order valence-electron chi connectivity index (χ1n) is 11.0. The van der Waals surface area contributed by atoms with E-state index >= 15 is 0 Å². The van der Waals surface area contributed by atoms with Gasteiger partial charge in [-0.25, -0.2) is 0 Å². The number of ether oxygens (including phenoxy) is 1. The van der Waals surface area contributed by atoms with Gasteiger partial charge in [0.2, 0.25) is 0 Å². The molecule has 0 saturated heterocycles. The Labute approximate surface area is 216 Å². The summed E-state index contributed by atoms with van der Waals surface area (Å²) in [5.74, 6) is -3.26. The molecule has 0 bridgehead atoms. The van der Waals surface area contributed by atoms with E-state index in [9.17, 15) is 46.1 Å². The van der Waals surface area contributed by atoms with Gasteiger partial charge in [-0.2, -0.15) is 26.3 Å². The van der Waals surface area contributed by atoms with E-state index in [1.165, 1.54) is 33.1 Å². The Kier molecular flexibility index (Phi) is 6.38. The summed E-state index contributed by atoms with van der Waals surface area (Å²) >= 11 is 6.51. The molecule has 0 aliphatic heterocycles. The summed E-state index contributed by atoms with van der Waals surface area (Å²) < 4.78 is 88.9. The van der Waals surface area contributed by atoms with Gasteiger partial charge >= 0.3 is 12.4 Å². The third-order valence-electron chi connectivity index (χ3n) is 6.69. The molecule has 3 aromatic carbocycles. The van der Waals surface area contributed by atoms with Crippen molar-refractivity contribution in [1.82, 2.24) is 0 Å². The molecule has 1 aliphatic rings. The van der Waals surface area contributed by atoms with Gasteiger partial charge in [0.05, 0.1) is 23.3 Å². The predicted octanol–water partition coefficient (Wildman–Crippen LogP) is 4.43. The van der Waals surface area contributed by atoms with Crippen molar-refractivity contribution in [2.75, 3.05) is 7.11 Å². The van der Waals surface area contributed by atoms with E-state index in [-0.39, 0.29) is 55.4 Å². The summed E-state index contributed by atoms with van der Waals surface area (Å²) in [5.41, 5.74) is -5.37. The van der Waals surface area contributed by atoms with Crippen LogP contribution in [0.15, 0.2) is 24.3 Å². The highest BCUT2D eigenvalue weighted by atomic mass is 35.5. The lowest BCUT2D eigenvalue weighted by atomic mass is 9.78. The molecule has 5 nitrogen and oxygen atoms in total. The van der Waals surface area contributed by atoms with Crippen LogP contribution in [-0.2, 0) is 40.2 Å². The van der Waals surface area contributed by atoms with Crippen LogP contribution in [-0.4, -0.2) is 19.0 Å². The van der Waals surface area contributed by atoms with Crippen molar-refractivity contribution in [3.8, 4) is 16.9 Å². The molecule has 0 heterocycles. The van der Waals surface area contributed by atoms with Gasteiger partial charge in [-0.05, 0) is 51.4 Å². The maximum atomic E-state index is 14.2. The SMILES string of the molecule is COc1c(CC(=O)[O-])cc2c3c(cc(CC(=O)[O-])c2c1Cl)C(C)(C)c1c-3cc(C(F)(F)F)cc1C(F)(F)F. The summed E-state index contributed by atoms with van der Waals surface area (Å²) in [5, 5.41) is 22.7. The lowest BCUT2D eigenvalue weighted by Crippen LogP contribution is -2.25. The van der Waals surface area contributed by atoms with E-state index in [0.29, 0.717) is 6.07 Å². The van der Waals surface area contributed by atoms with Crippen molar-refractivity contribution >= 4 is 34.3 Å². The van der Waals surface area contributed by atoms with Crippen molar-refractivity contribution in [1.29, 1.82) is 0 Å². The largest absolute Gasteiger partial charge is 0.550 e. The quantitative estimate of drug-likeness (QED) is 0.432. The normalized spacial score (nSPS) is 14.4. The van der Waals surface area contributed by atoms with Crippen LogP contribution in [0.25, 0.3) is 21.9 Å². The molecule has 12 heteroatoms. The Morgan fingerprint density at radius 1 is 0.921 bits per heavy atom.